The molecular weight excluding hydrogens is 402 g/mol. The number of nitro groups is 1. The Morgan fingerprint density at radius 1 is 1.03 bits per heavy atom. The molecule has 0 bridgehead atoms. The van der Waals surface area contributed by atoms with Gasteiger partial charge in [0.25, 0.3) is 11.6 Å². The Hall–Kier alpha value is -3.77. The maximum Gasteiger partial charge on any atom is 0.289 e. The number of hydrogen-bond donors (Lipinski definition) is 1. The summed E-state index contributed by atoms with van der Waals surface area (Å²) in [5.74, 6) is -0.390. The molecule has 0 unspecified atom stereocenters. The Morgan fingerprint density at radius 3 is 2.50 bits per heavy atom. The Balaban J connectivity index is 1.77. The third kappa shape index (κ3) is 3.86. The van der Waals surface area contributed by atoms with Crippen molar-refractivity contribution in [2.24, 2.45) is 0 Å². The van der Waals surface area contributed by atoms with Crippen LogP contribution < -0.4 is 5.32 Å². The van der Waals surface area contributed by atoms with Crippen LogP contribution in [-0.4, -0.2) is 15.8 Å². The number of nitrogens with zero attached hydrogens (tertiary/aromatic N) is 2. The lowest BCUT2D eigenvalue weighted by atomic mass is 10.0. The molecule has 4 aromatic rings. The van der Waals surface area contributed by atoms with Gasteiger partial charge in [-0.15, -0.1) is 0 Å². The number of rotatable bonds is 4. The lowest BCUT2D eigenvalue weighted by Gasteiger charge is -2.11. The number of pyridine rings is 1. The van der Waals surface area contributed by atoms with Crippen molar-refractivity contribution in [3.8, 4) is 11.3 Å². The average Bonchev–Trinajstić information content (AvgIpc) is 2.74. The minimum absolute atomic E-state index is 0.00835. The number of anilines is 1. The molecule has 7 heteroatoms. The van der Waals surface area contributed by atoms with Gasteiger partial charge in [-0.2, -0.15) is 0 Å². The standard InChI is InChI=1S/C23H16ClN3O3/c1-14-6-8-15(9-7-14)21-13-18(17-4-2-3-5-20(17)26-21)23(28)25-16-10-11-19(24)22(12-16)27(29)30/h2-13H,1H3,(H,25,28). The molecule has 6 nitrogen and oxygen atoms in total. The summed E-state index contributed by atoms with van der Waals surface area (Å²) in [6.45, 7) is 2.00. The number of hydrogen-bond acceptors (Lipinski definition) is 4. The molecule has 0 saturated carbocycles. The highest BCUT2D eigenvalue weighted by atomic mass is 35.5. The molecule has 1 heterocycles. The van der Waals surface area contributed by atoms with Crippen molar-refractivity contribution in [1.29, 1.82) is 0 Å². The van der Waals surface area contributed by atoms with Crippen molar-refractivity contribution in [3.05, 3.63) is 99.1 Å². The van der Waals surface area contributed by atoms with E-state index in [1.165, 1.54) is 18.2 Å². The van der Waals surface area contributed by atoms with Gasteiger partial charge in [0, 0.05) is 22.7 Å². The van der Waals surface area contributed by atoms with Gasteiger partial charge < -0.3 is 5.32 Å². The van der Waals surface area contributed by atoms with E-state index in [0.717, 1.165) is 11.1 Å². The van der Waals surface area contributed by atoms with E-state index in [1.54, 1.807) is 6.07 Å². The van der Waals surface area contributed by atoms with Gasteiger partial charge >= 0.3 is 0 Å². The van der Waals surface area contributed by atoms with Gasteiger partial charge in [-0.1, -0.05) is 59.6 Å². The van der Waals surface area contributed by atoms with Crippen LogP contribution in [0.1, 0.15) is 15.9 Å². The number of fused-ring (bicyclic) bond motifs is 1. The Bertz CT molecular complexity index is 1290. The van der Waals surface area contributed by atoms with E-state index in [4.69, 9.17) is 11.6 Å². The highest BCUT2D eigenvalue weighted by molar-refractivity contribution is 6.32. The predicted molar refractivity (Wildman–Crippen MR) is 118 cm³/mol. The predicted octanol–water partition coefficient (Wildman–Crippen LogP) is 6.02. The molecule has 1 amide bonds. The van der Waals surface area contributed by atoms with E-state index in [1.807, 2.05) is 55.5 Å². The highest BCUT2D eigenvalue weighted by Crippen LogP contribution is 2.29. The summed E-state index contributed by atoms with van der Waals surface area (Å²) in [5.41, 5.74) is 3.81. The fourth-order valence-corrected chi connectivity index (χ4v) is 3.35. The van der Waals surface area contributed by atoms with E-state index in [2.05, 4.69) is 10.3 Å². The fourth-order valence-electron chi connectivity index (χ4n) is 3.16. The molecule has 0 spiro atoms. The number of carbonyl (C=O) groups excluding carboxylic acids is 1. The molecule has 0 radical (unpaired) electrons. The second-order valence-electron chi connectivity index (χ2n) is 6.82. The van der Waals surface area contributed by atoms with E-state index in [0.29, 0.717) is 22.2 Å². The van der Waals surface area contributed by atoms with Crippen molar-refractivity contribution in [2.45, 2.75) is 6.92 Å². The topological polar surface area (TPSA) is 85.1 Å². The van der Waals surface area contributed by atoms with Crippen LogP contribution in [0.3, 0.4) is 0 Å². The zero-order valence-corrected chi connectivity index (χ0v) is 16.7. The monoisotopic (exact) mass is 417 g/mol. The molecule has 0 atom stereocenters. The molecule has 0 aliphatic carbocycles. The highest BCUT2D eigenvalue weighted by Gasteiger charge is 2.17. The van der Waals surface area contributed by atoms with Crippen LogP contribution in [0.25, 0.3) is 22.2 Å². The van der Waals surface area contributed by atoms with Crippen LogP contribution in [-0.2, 0) is 0 Å². The zero-order chi connectivity index (χ0) is 21.3. The summed E-state index contributed by atoms with van der Waals surface area (Å²) >= 11 is 5.86. The zero-order valence-electron chi connectivity index (χ0n) is 15.9. The molecule has 0 saturated heterocycles. The molecule has 3 aromatic carbocycles. The third-order valence-corrected chi connectivity index (χ3v) is 5.03. The van der Waals surface area contributed by atoms with Crippen LogP contribution in [0.4, 0.5) is 11.4 Å². The number of aryl methyl sites for hydroxylation is 1. The summed E-state index contributed by atoms with van der Waals surface area (Å²) in [5, 5.41) is 14.6. The fraction of sp³-hybridized carbons (Fsp3) is 0.0435. The number of halogens is 1. The maximum atomic E-state index is 13.1. The Kier molecular flexibility index (Phi) is 5.16. The number of nitrogens with one attached hydrogen (secondary N) is 1. The minimum Gasteiger partial charge on any atom is -0.322 e. The van der Waals surface area contributed by atoms with E-state index in [9.17, 15) is 14.9 Å². The lowest BCUT2D eigenvalue weighted by molar-refractivity contribution is -0.384. The second kappa shape index (κ2) is 7.93. The first-order valence-corrected chi connectivity index (χ1v) is 9.52. The SMILES string of the molecule is Cc1ccc(-c2cc(C(=O)Nc3ccc(Cl)c([N+](=O)[O-])c3)c3ccccc3n2)cc1. The van der Waals surface area contributed by atoms with E-state index < -0.39 is 10.8 Å². The summed E-state index contributed by atoms with van der Waals surface area (Å²) in [6, 6.07) is 21.1. The van der Waals surface area contributed by atoms with Crippen LogP contribution >= 0.6 is 11.6 Å². The number of nitro benzene ring substituents is 1. The summed E-state index contributed by atoms with van der Waals surface area (Å²) in [4.78, 5) is 28.3. The van der Waals surface area contributed by atoms with Gasteiger partial charge in [0.15, 0.2) is 0 Å². The van der Waals surface area contributed by atoms with Gasteiger partial charge in [-0.05, 0) is 31.2 Å². The normalized spacial score (nSPS) is 10.7. The molecule has 148 valence electrons. The van der Waals surface area contributed by atoms with Crippen molar-refractivity contribution in [1.82, 2.24) is 4.98 Å². The smallest absolute Gasteiger partial charge is 0.289 e. The van der Waals surface area contributed by atoms with Gasteiger partial charge in [0.05, 0.1) is 21.7 Å². The molecule has 0 aliphatic rings. The van der Waals surface area contributed by atoms with Crippen molar-refractivity contribution >= 4 is 39.8 Å². The molecular formula is C23H16ClN3O3. The van der Waals surface area contributed by atoms with Crippen LogP contribution in [0.15, 0.2) is 72.8 Å². The first-order valence-electron chi connectivity index (χ1n) is 9.14. The number of para-hydroxylation sites is 1. The number of carbonyl (C=O) groups is 1. The number of benzene rings is 3. The number of aromatic nitrogens is 1. The molecule has 4 rings (SSSR count). The van der Waals surface area contributed by atoms with Crippen molar-refractivity contribution in [2.75, 3.05) is 5.32 Å². The first kappa shape index (κ1) is 19.5. The van der Waals surface area contributed by atoms with Crippen LogP contribution in [0.5, 0.6) is 0 Å². The molecule has 0 fully saturated rings. The van der Waals surface area contributed by atoms with Crippen LogP contribution in [0.2, 0.25) is 5.02 Å². The van der Waals surface area contributed by atoms with E-state index in [-0.39, 0.29) is 16.4 Å². The molecule has 1 aromatic heterocycles. The lowest BCUT2D eigenvalue weighted by Crippen LogP contribution is -2.13. The quantitative estimate of drug-likeness (QED) is 0.324. The molecule has 30 heavy (non-hydrogen) atoms. The number of amides is 1. The average molecular weight is 418 g/mol. The minimum atomic E-state index is -0.588. The molecule has 1 N–H and O–H groups in total. The maximum absolute atomic E-state index is 13.1. The van der Waals surface area contributed by atoms with Crippen LogP contribution in [0, 0.1) is 17.0 Å². The summed E-state index contributed by atoms with van der Waals surface area (Å²) in [7, 11) is 0. The van der Waals surface area contributed by atoms with E-state index >= 15 is 0 Å². The van der Waals surface area contributed by atoms with Crippen molar-refractivity contribution < 1.29 is 9.72 Å². The Morgan fingerprint density at radius 2 is 1.77 bits per heavy atom. The first-order chi connectivity index (χ1) is 14.4. The summed E-state index contributed by atoms with van der Waals surface area (Å²) in [6.07, 6.45) is 0. The Labute approximate surface area is 177 Å². The van der Waals surface area contributed by atoms with Gasteiger partial charge in [-0.25, -0.2) is 4.98 Å². The van der Waals surface area contributed by atoms with Gasteiger partial charge in [-0.3, -0.25) is 14.9 Å². The van der Waals surface area contributed by atoms with Crippen molar-refractivity contribution in [3.63, 3.8) is 0 Å². The summed E-state index contributed by atoms with van der Waals surface area (Å²) < 4.78 is 0. The van der Waals surface area contributed by atoms with Gasteiger partial charge in [0.1, 0.15) is 5.02 Å². The van der Waals surface area contributed by atoms with Gasteiger partial charge in [0.2, 0.25) is 0 Å². The third-order valence-electron chi connectivity index (χ3n) is 4.71. The molecule has 0 aliphatic heterocycles. The largest absolute Gasteiger partial charge is 0.322 e. The second-order valence-corrected chi connectivity index (χ2v) is 7.22.